The molecule has 0 aromatic heterocycles. The van der Waals surface area contributed by atoms with Crippen LogP contribution in [0.2, 0.25) is 0 Å². The number of amides is 1. The molecule has 0 radical (unpaired) electrons. The maximum Gasteiger partial charge on any atom is 0.410 e. The van der Waals surface area contributed by atoms with Crippen LogP contribution in [0.5, 0.6) is 0 Å². The Morgan fingerprint density at radius 3 is 2.05 bits per heavy atom. The molecule has 2 aliphatic heterocycles. The normalized spacial score (nSPS) is 31.1. The van der Waals surface area contributed by atoms with Crippen LogP contribution in [-0.4, -0.2) is 52.8 Å². The average Bonchev–Trinajstić information content (AvgIpc) is 2.90. The van der Waals surface area contributed by atoms with Crippen molar-refractivity contribution in [2.45, 2.75) is 51.3 Å². The van der Waals surface area contributed by atoms with Crippen molar-refractivity contribution in [2.75, 3.05) is 7.11 Å². The maximum atomic E-state index is 12.3. The van der Waals surface area contributed by atoms with Gasteiger partial charge in [0.25, 0.3) is 0 Å². The van der Waals surface area contributed by atoms with Gasteiger partial charge in [-0.05, 0) is 33.6 Å². The maximum absolute atomic E-state index is 12.3. The summed E-state index contributed by atoms with van der Waals surface area (Å²) in [5, 5.41) is 9.40. The number of aliphatic carboxylic acids is 1. The number of carboxylic acid groups (broad SMARTS) is 1. The molecule has 2 heterocycles. The zero-order chi connectivity index (χ0) is 15.9. The lowest BCUT2D eigenvalue weighted by Gasteiger charge is -2.27. The van der Waals surface area contributed by atoms with Gasteiger partial charge >= 0.3 is 18.0 Å². The van der Waals surface area contributed by atoms with Crippen LogP contribution < -0.4 is 0 Å². The van der Waals surface area contributed by atoms with Gasteiger partial charge in [-0.1, -0.05) is 0 Å². The first kappa shape index (κ1) is 15.6. The summed E-state index contributed by atoms with van der Waals surface area (Å²) in [6.45, 7) is 5.24. The summed E-state index contributed by atoms with van der Waals surface area (Å²) in [5.74, 6) is -3.41. The van der Waals surface area contributed by atoms with E-state index >= 15 is 0 Å². The molecule has 7 heteroatoms. The van der Waals surface area contributed by atoms with E-state index in [-0.39, 0.29) is 0 Å². The van der Waals surface area contributed by atoms with Crippen LogP contribution in [0, 0.1) is 11.8 Å². The minimum atomic E-state index is -1.08. The van der Waals surface area contributed by atoms with Crippen molar-refractivity contribution >= 4 is 18.0 Å². The summed E-state index contributed by atoms with van der Waals surface area (Å²) in [6.07, 6.45) is 0.592. The molecule has 1 N–H and O–H groups in total. The second-order valence-electron chi connectivity index (χ2n) is 6.51. The Kier molecular flexibility index (Phi) is 3.86. The highest BCUT2D eigenvalue weighted by Gasteiger charge is 2.61. The molecule has 1 amide bonds. The molecule has 2 fully saturated rings. The zero-order valence-corrected chi connectivity index (χ0v) is 12.7. The van der Waals surface area contributed by atoms with Gasteiger partial charge in [0.15, 0.2) is 0 Å². The molecule has 7 nitrogen and oxygen atoms in total. The Bertz CT molecular complexity index is 469. The van der Waals surface area contributed by atoms with Gasteiger partial charge < -0.3 is 19.5 Å². The van der Waals surface area contributed by atoms with E-state index in [2.05, 4.69) is 0 Å². The van der Waals surface area contributed by atoms with Crippen LogP contribution in [0.15, 0.2) is 0 Å². The fraction of sp³-hybridized carbons (Fsp3) is 0.786. The largest absolute Gasteiger partial charge is 0.481 e. The second kappa shape index (κ2) is 5.20. The molecule has 2 saturated heterocycles. The van der Waals surface area contributed by atoms with Gasteiger partial charge in [0.2, 0.25) is 0 Å². The van der Waals surface area contributed by atoms with Crippen LogP contribution in [0.4, 0.5) is 4.79 Å². The first-order valence-corrected chi connectivity index (χ1v) is 6.99. The Balaban J connectivity index is 2.28. The SMILES string of the molecule is COC(=O)[C@@H]1[C@H](C(=O)O)[C@H]2CC[C@@H]1N2C(=O)OC(C)(C)C. The van der Waals surface area contributed by atoms with Gasteiger partial charge in [-0.15, -0.1) is 0 Å². The number of carbonyl (C=O) groups excluding carboxylic acids is 2. The molecule has 21 heavy (non-hydrogen) atoms. The number of fused-ring (bicyclic) bond motifs is 2. The first-order chi connectivity index (χ1) is 9.67. The number of ether oxygens (including phenoxy) is 2. The molecule has 118 valence electrons. The van der Waals surface area contributed by atoms with Crippen LogP contribution in [0.1, 0.15) is 33.6 Å². The van der Waals surface area contributed by atoms with Crippen molar-refractivity contribution in [1.29, 1.82) is 0 Å². The molecule has 2 aliphatic rings. The van der Waals surface area contributed by atoms with E-state index < -0.39 is 47.6 Å². The number of esters is 1. The fourth-order valence-corrected chi connectivity index (χ4v) is 3.39. The van der Waals surface area contributed by atoms with E-state index in [1.165, 1.54) is 12.0 Å². The third kappa shape index (κ3) is 2.69. The van der Waals surface area contributed by atoms with Gasteiger partial charge in [0.1, 0.15) is 5.60 Å². The topological polar surface area (TPSA) is 93.1 Å². The van der Waals surface area contributed by atoms with Crippen molar-refractivity contribution in [1.82, 2.24) is 4.90 Å². The zero-order valence-electron chi connectivity index (χ0n) is 12.7. The molecule has 0 saturated carbocycles. The van der Waals surface area contributed by atoms with Gasteiger partial charge in [0.05, 0.1) is 18.9 Å². The smallest absolute Gasteiger partial charge is 0.410 e. The number of carbonyl (C=O) groups is 3. The number of nitrogens with zero attached hydrogens (tertiary/aromatic N) is 1. The average molecular weight is 299 g/mol. The second-order valence-corrected chi connectivity index (χ2v) is 6.51. The Morgan fingerprint density at radius 2 is 1.62 bits per heavy atom. The van der Waals surface area contributed by atoms with Gasteiger partial charge in [-0.25, -0.2) is 4.79 Å². The van der Waals surface area contributed by atoms with E-state index in [1.54, 1.807) is 20.8 Å². The van der Waals surface area contributed by atoms with E-state index in [1.807, 2.05) is 0 Å². The van der Waals surface area contributed by atoms with Crippen molar-refractivity contribution in [3.05, 3.63) is 0 Å². The van der Waals surface area contributed by atoms with Crippen molar-refractivity contribution in [3.63, 3.8) is 0 Å². The number of rotatable bonds is 2. The van der Waals surface area contributed by atoms with Gasteiger partial charge in [0, 0.05) is 12.1 Å². The number of hydrogen-bond acceptors (Lipinski definition) is 5. The summed E-state index contributed by atoms with van der Waals surface area (Å²) < 4.78 is 10.0. The lowest BCUT2D eigenvalue weighted by atomic mass is 9.79. The molecular formula is C14H21NO6. The van der Waals surface area contributed by atoms with Crippen LogP contribution >= 0.6 is 0 Å². The fourth-order valence-electron chi connectivity index (χ4n) is 3.39. The number of carboxylic acids is 1. The molecular weight excluding hydrogens is 278 g/mol. The molecule has 0 aliphatic carbocycles. The predicted molar refractivity (Wildman–Crippen MR) is 71.5 cm³/mol. The van der Waals surface area contributed by atoms with Crippen LogP contribution in [0.25, 0.3) is 0 Å². The Labute approximate surface area is 123 Å². The number of hydrogen-bond donors (Lipinski definition) is 1. The standard InChI is InChI=1S/C14H21NO6/c1-14(2,3)21-13(19)15-7-5-6-8(15)10(12(18)20-4)9(7)11(16)17/h7-10H,5-6H2,1-4H3,(H,16,17)/t7-,8+,9-,10+/m1/s1. The monoisotopic (exact) mass is 299 g/mol. The summed E-state index contributed by atoms with van der Waals surface area (Å²) in [6, 6.07) is -0.968. The molecule has 4 atom stereocenters. The molecule has 2 bridgehead atoms. The number of methoxy groups -OCH3 is 1. The quantitative estimate of drug-likeness (QED) is 0.772. The van der Waals surface area contributed by atoms with E-state index in [0.717, 1.165) is 0 Å². The minimum absolute atomic E-state index is 0.460. The highest BCUT2D eigenvalue weighted by atomic mass is 16.6. The van der Waals surface area contributed by atoms with Gasteiger partial charge in [-0.2, -0.15) is 0 Å². The van der Waals surface area contributed by atoms with Crippen LogP contribution in [0.3, 0.4) is 0 Å². The third-order valence-corrected chi connectivity index (χ3v) is 4.05. The predicted octanol–water partition coefficient (Wildman–Crippen LogP) is 1.26. The summed E-state index contributed by atoms with van der Waals surface area (Å²) in [7, 11) is 1.23. The van der Waals surface area contributed by atoms with Crippen LogP contribution in [-0.2, 0) is 19.1 Å². The summed E-state index contributed by atoms with van der Waals surface area (Å²) in [5.41, 5.74) is -0.668. The molecule has 2 rings (SSSR count). The lowest BCUT2D eigenvalue weighted by molar-refractivity contribution is -0.156. The van der Waals surface area contributed by atoms with Crippen molar-refractivity contribution in [3.8, 4) is 0 Å². The van der Waals surface area contributed by atoms with Crippen molar-refractivity contribution < 1.29 is 29.0 Å². The van der Waals surface area contributed by atoms with E-state index in [4.69, 9.17) is 9.47 Å². The van der Waals surface area contributed by atoms with Crippen molar-refractivity contribution in [2.24, 2.45) is 11.8 Å². The summed E-state index contributed by atoms with van der Waals surface area (Å²) in [4.78, 5) is 37.1. The highest BCUT2D eigenvalue weighted by Crippen LogP contribution is 2.47. The first-order valence-electron chi connectivity index (χ1n) is 6.99. The van der Waals surface area contributed by atoms with E-state index in [9.17, 15) is 19.5 Å². The lowest BCUT2D eigenvalue weighted by Crippen LogP contribution is -2.41. The highest BCUT2D eigenvalue weighted by molar-refractivity contribution is 5.86. The van der Waals surface area contributed by atoms with E-state index in [0.29, 0.717) is 12.8 Å². The molecule has 0 unspecified atom stereocenters. The van der Waals surface area contributed by atoms with Gasteiger partial charge in [-0.3, -0.25) is 9.59 Å². The molecule has 0 aromatic carbocycles. The molecule has 0 spiro atoms. The Hall–Kier alpha value is -1.79. The minimum Gasteiger partial charge on any atom is -0.481 e. The Morgan fingerprint density at radius 1 is 1.10 bits per heavy atom. The summed E-state index contributed by atoms with van der Waals surface area (Å²) >= 11 is 0. The molecule has 0 aromatic rings. The third-order valence-electron chi connectivity index (χ3n) is 4.05.